The van der Waals surface area contributed by atoms with Gasteiger partial charge in [-0.3, -0.25) is 0 Å². The Morgan fingerprint density at radius 3 is 1.42 bits per heavy atom. The lowest BCUT2D eigenvalue weighted by molar-refractivity contribution is 0.382. The summed E-state index contributed by atoms with van der Waals surface area (Å²) in [7, 11) is 10.1. The van der Waals surface area contributed by atoms with E-state index in [0.29, 0.717) is 16.8 Å². The van der Waals surface area contributed by atoms with Crippen molar-refractivity contribution < 1.29 is 28.4 Å². The van der Waals surface area contributed by atoms with Gasteiger partial charge in [-0.15, -0.1) is 0 Å². The second-order valence-electron chi connectivity index (χ2n) is 10.6. The van der Waals surface area contributed by atoms with E-state index in [0.717, 1.165) is 65.3 Å². The highest BCUT2D eigenvalue weighted by molar-refractivity contribution is 9.11. The van der Waals surface area contributed by atoms with Crippen molar-refractivity contribution in [1.29, 1.82) is 0 Å². The van der Waals surface area contributed by atoms with E-state index in [1.807, 2.05) is 36.4 Å². The average molecular weight is 807 g/mol. The standard InChI is InChI=1S/C36H39Br3O6/c1-20(22-9-13-24(40-3)14-10-22)32-27(42-5)17-30(45-8)36(39)33(32)21(2)31(23-11-15-25(41-4)16-12-23)34-26(19-37)35(38)29(44-7)18-28(34)43-6/h9-18,20-21,31H,19H2,1-8H3/t20-,21-,31-/m1/s1. The first-order chi connectivity index (χ1) is 21.7. The number of methoxy groups -OCH3 is 6. The second kappa shape index (κ2) is 15.6. The Bertz CT molecular complexity index is 1610. The van der Waals surface area contributed by atoms with Crippen LogP contribution in [0.2, 0.25) is 0 Å². The van der Waals surface area contributed by atoms with Crippen molar-refractivity contribution in [3.8, 4) is 34.5 Å². The van der Waals surface area contributed by atoms with E-state index in [-0.39, 0.29) is 17.8 Å². The van der Waals surface area contributed by atoms with Crippen LogP contribution in [0.3, 0.4) is 0 Å². The quantitative estimate of drug-likeness (QED) is 0.126. The van der Waals surface area contributed by atoms with Crippen LogP contribution < -0.4 is 28.4 Å². The summed E-state index contributed by atoms with van der Waals surface area (Å²) in [6, 6.07) is 20.3. The first-order valence-electron chi connectivity index (χ1n) is 14.4. The molecule has 240 valence electrons. The number of halogens is 3. The summed E-state index contributed by atoms with van der Waals surface area (Å²) in [4.78, 5) is 0. The van der Waals surface area contributed by atoms with Crippen LogP contribution in [0.25, 0.3) is 0 Å². The molecule has 0 spiro atoms. The minimum Gasteiger partial charge on any atom is -0.497 e. The molecule has 45 heavy (non-hydrogen) atoms. The van der Waals surface area contributed by atoms with Gasteiger partial charge in [-0.1, -0.05) is 54.0 Å². The molecule has 0 heterocycles. The molecule has 9 heteroatoms. The van der Waals surface area contributed by atoms with Gasteiger partial charge in [-0.05, 0) is 84.3 Å². The van der Waals surface area contributed by atoms with Gasteiger partial charge in [0.1, 0.15) is 34.5 Å². The molecule has 0 aliphatic rings. The topological polar surface area (TPSA) is 55.4 Å². The number of hydrogen-bond donors (Lipinski definition) is 0. The van der Waals surface area contributed by atoms with E-state index >= 15 is 0 Å². The summed E-state index contributed by atoms with van der Waals surface area (Å²) >= 11 is 11.6. The predicted octanol–water partition coefficient (Wildman–Crippen LogP) is 10.2. The zero-order chi connectivity index (χ0) is 32.8. The number of ether oxygens (including phenoxy) is 6. The molecule has 3 atom stereocenters. The predicted molar refractivity (Wildman–Crippen MR) is 191 cm³/mol. The van der Waals surface area contributed by atoms with E-state index in [1.165, 1.54) is 0 Å². The van der Waals surface area contributed by atoms with Gasteiger partial charge in [0.05, 0.1) is 51.6 Å². The Hall–Kier alpha value is -2.88. The van der Waals surface area contributed by atoms with Crippen LogP contribution in [0.4, 0.5) is 0 Å². The average Bonchev–Trinajstić information content (AvgIpc) is 3.08. The van der Waals surface area contributed by atoms with E-state index in [2.05, 4.69) is 85.9 Å². The lowest BCUT2D eigenvalue weighted by Gasteiger charge is -2.33. The summed E-state index contributed by atoms with van der Waals surface area (Å²) in [6.07, 6.45) is 0. The molecule has 0 N–H and O–H groups in total. The highest BCUT2D eigenvalue weighted by atomic mass is 79.9. The molecule has 0 amide bonds. The van der Waals surface area contributed by atoms with E-state index in [1.54, 1.807) is 42.7 Å². The highest BCUT2D eigenvalue weighted by Crippen LogP contribution is 2.54. The van der Waals surface area contributed by atoms with Crippen LogP contribution in [0.1, 0.15) is 65.0 Å². The molecule has 0 unspecified atom stereocenters. The third-order valence-electron chi connectivity index (χ3n) is 8.41. The van der Waals surface area contributed by atoms with Crippen LogP contribution in [-0.2, 0) is 5.33 Å². The summed E-state index contributed by atoms with van der Waals surface area (Å²) in [5.74, 6) is 4.15. The van der Waals surface area contributed by atoms with Gasteiger partial charge in [0.25, 0.3) is 0 Å². The second-order valence-corrected chi connectivity index (χ2v) is 12.7. The maximum atomic E-state index is 6.09. The minimum absolute atomic E-state index is 0.0258. The van der Waals surface area contributed by atoms with Crippen molar-refractivity contribution in [2.24, 2.45) is 0 Å². The van der Waals surface area contributed by atoms with Crippen LogP contribution in [0.15, 0.2) is 69.6 Å². The first-order valence-corrected chi connectivity index (χ1v) is 17.1. The summed E-state index contributed by atoms with van der Waals surface area (Å²) in [6.45, 7) is 4.44. The third kappa shape index (κ3) is 6.96. The SMILES string of the molecule is COc1ccc([C@@H](C)c2c(OC)cc(OC)c(Br)c2[C@H](C)[C@H](c2ccc(OC)cc2)c2c(OC)cc(OC)c(Br)c2CBr)cc1. The smallest absolute Gasteiger partial charge is 0.137 e. The Morgan fingerprint density at radius 2 is 0.978 bits per heavy atom. The van der Waals surface area contributed by atoms with Gasteiger partial charge in [0.15, 0.2) is 0 Å². The van der Waals surface area contributed by atoms with Crippen molar-refractivity contribution in [3.63, 3.8) is 0 Å². The van der Waals surface area contributed by atoms with Gasteiger partial charge >= 0.3 is 0 Å². The van der Waals surface area contributed by atoms with Crippen molar-refractivity contribution in [1.82, 2.24) is 0 Å². The minimum atomic E-state index is -0.171. The van der Waals surface area contributed by atoms with Crippen molar-refractivity contribution in [2.45, 2.75) is 36.9 Å². The molecule has 0 fully saturated rings. The highest BCUT2D eigenvalue weighted by Gasteiger charge is 2.35. The van der Waals surface area contributed by atoms with Crippen LogP contribution in [0, 0.1) is 0 Å². The fraction of sp³-hybridized carbons (Fsp3) is 0.333. The maximum Gasteiger partial charge on any atom is 0.137 e. The molecule has 0 aromatic heterocycles. The molecule has 0 aliphatic carbocycles. The first kappa shape index (κ1) is 35.0. The molecule has 0 saturated heterocycles. The van der Waals surface area contributed by atoms with Crippen LogP contribution >= 0.6 is 47.8 Å². The third-order valence-corrected chi connectivity index (χ3v) is 10.7. The van der Waals surface area contributed by atoms with Gasteiger partial charge in [-0.25, -0.2) is 0 Å². The largest absolute Gasteiger partial charge is 0.497 e. The molecule has 4 aromatic carbocycles. The fourth-order valence-electron chi connectivity index (χ4n) is 6.06. The molecule has 4 rings (SSSR count). The number of hydrogen-bond acceptors (Lipinski definition) is 6. The molecule has 0 bridgehead atoms. The molecule has 0 aliphatic heterocycles. The zero-order valence-corrected chi connectivity index (χ0v) is 31.6. The van der Waals surface area contributed by atoms with E-state index in [9.17, 15) is 0 Å². The maximum absolute atomic E-state index is 6.09. The molecular formula is C36H39Br3O6. The molecule has 0 saturated carbocycles. The summed E-state index contributed by atoms with van der Waals surface area (Å²) < 4.78 is 36.5. The van der Waals surface area contributed by atoms with Gasteiger partial charge in [-0.2, -0.15) is 0 Å². The Kier molecular flexibility index (Phi) is 12.1. The lowest BCUT2D eigenvalue weighted by Crippen LogP contribution is -2.18. The Labute approximate surface area is 291 Å². The van der Waals surface area contributed by atoms with E-state index in [4.69, 9.17) is 28.4 Å². The van der Waals surface area contributed by atoms with Crippen molar-refractivity contribution in [3.05, 3.63) is 103 Å². The Morgan fingerprint density at radius 1 is 0.533 bits per heavy atom. The molecular weight excluding hydrogens is 768 g/mol. The van der Waals surface area contributed by atoms with Crippen molar-refractivity contribution >= 4 is 47.8 Å². The van der Waals surface area contributed by atoms with Crippen LogP contribution in [0.5, 0.6) is 34.5 Å². The van der Waals surface area contributed by atoms with Gasteiger partial charge in [0, 0.05) is 40.4 Å². The zero-order valence-electron chi connectivity index (χ0n) is 26.8. The summed E-state index contributed by atoms with van der Waals surface area (Å²) in [5, 5.41) is 0.577. The number of rotatable bonds is 13. The van der Waals surface area contributed by atoms with Gasteiger partial charge in [0.2, 0.25) is 0 Å². The van der Waals surface area contributed by atoms with Crippen molar-refractivity contribution in [2.75, 3.05) is 42.7 Å². The van der Waals surface area contributed by atoms with Crippen LogP contribution in [-0.4, -0.2) is 42.7 Å². The number of benzene rings is 4. The Balaban J connectivity index is 2.09. The van der Waals surface area contributed by atoms with Gasteiger partial charge < -0.3 is 28.4 Å². The number of alkyl halides is 1. The fourth-order valence-corrected chi connectivity index (χ4v) is 8.50. The molecule has 0 radical (unpaired) electrons. The van der Waals surface area contributed by atoms with E-state index < -0.39 is 0 Å². The summed E-state index contributed by atoms with van der Waals surface area (Å²) in [5.41, 5.74) is 6.44. The molecule has 4 aromatic rings. The normalized spacial score (nSPS) is 13.0. The lowest BCUT2D eigenvalue weighted by atomic mass is 9.73. The molecule has 6 nitrogen and oxygen atoms in total. The monoisotopic (exact) mass is 804 g/mol.